The van der Waals surface area contributed by atoms with Crippen LogP contribution in [0.1, 0.15) is 79.1 Å². The molecule has 2 aliphatic carbocycles. The largest absolute Gasteiger partial charge is 0.444 e. The third kappa shape index (κ3) is 6.70. The van der Waals surface area contributed by atoms with Crippen LogP contribution in [0.3, 0.4) is 0 Å². The van der Waals surface area contributed by atoms with Crippen molar-refractivity contribution in [2.24, 2.45) is 11.8 Å². The predicted molar refractivity (Wildman–Crippen MR) is 94.5 cm³/mol. The Morgan fingerprint density at radius 1 is 1.09 bits per heavy atom. The van der Waals surface area contributed by atoms with Crippen LogP contribution in [0, 0.1) is 11.8 Å². The van der Waals surface area contributed by atoms with Crippen LogP contribution in [-0.4, -0.2) is 30.3 Å². The molecule has 0 radical (unpaired) electrons. The maximum Gasteiger partial charge on any atom is 0.407 e. The molecule has 2 saturated carbocycles. The van der Waals surface area contributed by atoms with E-state index in [1.807, 2.05) is 20.8 Å². The average molecular weight is 325 g/mol. The molecule has 2 fully saturated rings. The topological polar surface area (TPSA) is 50.4 Å². The summed E-state index contributed by atoms with van der Waals surface area (Å²) in [7, 11) is 0. The fourth-order valence-electron chi connectivity index (χ4n) is 4.09. The van der Waals surface area contributed by atoms with Gasteiger partial charge >= 0.3 is 6.09 Å². The first-order valence-electron chi connectivity index (χ1n) is 9.56. The van der Waals surface area contributed by atoms with E-state index in [2.05, 4.69) is 17.6 Å². The normalized spacial score (nSPS) is 32.3. The van der Waals surface area contributed by atoms with Gasteiger partial charge in [-0.1, -0.05) is 32.6 Å². The molecule has 2 rings (SSSR count). The standard InChI is InChI=1S/C19H36N2O2/c1-14-8-7-10-16(12-14)21-17-11-6-5-9-15(17)13-20-18(22)23-19(2,3)4/h14-17,21H,5-13H2,1-4H3,(H,20,22). The van der Waals surface area contributed by atoms with Gasteiger partial charge < -0.3 is 15.4 Å². The number of amides is 1. The third-order valence-corrected chi connectivity index (χ3v) is 5.20. The number of carbonyl (C=O) groups is 1. The number of alkyl carbamates (subject to hydrolysis) is 1. The van der Waals surface area contributed by atoms with Gasteiger partial charge in [-0.25, -0.2) is 4.79 Å². The van der Waals surface area contributed by atoms with Gasteiger partial charge in [0.25, 0.3) is 0 Å². The van der Waals surface area contributed by atoms with Crippen molar-refractivity contribution in [2.75, 3.05) is 6.54 Å². The molecule has 0 aliphatic heterocycles. The first-order chi connectivity index (χ1) is 10.8. The Hall–Kier alpha value is -0.770. The van der Waals surface area contributed by atoms with Crippen LogP contribution in [0.4, 0.5) is 4.79 Å². The summed E-state index contributed by atoms with van der Waals surface area (Å²) in [6.07, 6.45) is 10.1. The number of rotatable bonds is 4. The van der Waals surface area contributed by atoms with Gasteiger partial charge in [0.05, 0.1) is 0 Å². The lowest BCUT2D eigenvalue weighted by molar-refractivity contribution is 0.0509. The number of hydrogen-bond donors (Lipinski definition) is 2. The highest BCUT2D eigenvalue weighted by Crippen LogP contribution is 2.28. The molecule has 0 bridgehead atoms. The highest BCUT2D eigenvalue weighted by molar-refractivity contribution is 5.67. The molecule has 0 aromatic rings. The van der Waals surface area contributed by atoms with Crippen molar-refractivity contribution < 1.29 is 9.53 Å². The Balaban J connectivity index is 1.79. The molecule has 0 spiro atoms. The first-order valence-corrected chi connectivity index (χ1v) is 9.56. The third-order valence-electron chi connectivity index (χ3n) is 5.20. The van der Waals surface area contributed by atoms with Crippen LogP contribution in [0.5, 0.6) is 0 Å². The smallest absolute Gasteiger partial charge is 0.407 e. The van der Waals surface area contributed by atoms with Gasteiger partial charge in [-0.05, 0) is 58.3 Å². The van der Waals surface area contributed by atoms with E-state index in [4.69, 9.17) is 4.74 Å². The van der Waals surface area contributed by atoms with E-state index in [1.165, 1.54) is 51.4 Å². The van der Waals surface area contributed by atoms with E-state index in [1.54, 1.807) is 0 Å². The highest BCUT2D eigenvalue weighted by Gasteiger charge is 2.29. The highest BCUT2D eigenvalue weighted by atomic mass is 16.6. The maximum absolute atomic E-state index is 11.9. The van der Waals surface area contributed by atoms with Crippen LogP contribution < -0.4 is 10.6 Å². The molecular formula is C19H36N2O2. The summed E-state index contributed by atoms with van der Waals surface area (Å²) in [5.41, 5.74) is -0.424. The number of ether oxygens (including phenoxy) is 1. The summed E-state index contributed by atoms with van der Waals surface area (Å²) in [6, 6.07) is 1.22. The summed E-state index contributed by atoms with van der Waals surface area (Å²) in [4.78, 5) is 11.9. The summed E-state index contributed by atoms with van der Waals surface area (Å²) in [5, 5.41) is 6.90. The van der Waals surface area contributed by atoms with Crippen LogP contribution in [0.2, 0.25) is 0 Å². The van der Waals surface area contributed by atoms with E-state index >= 15 is 0 Å². The zero-order valence-corrected chi connectivity index (χ0v) is 15.5. The lowest BCUT2D eigenvalue weighted by atomic mass is 9.81. The monoisotopic (exact) mass is 324 g/mol. The molecule has 4 heteroatoms. The van der Waals surface area contributed by atoms with Crippen molar-refractivity contribution in [3.63, 3.8) is 0 Å². The molecule has 4 nitrogen and oxygen atoms in total. The number of nitrogens with one attached hydrogen (secondary N) is 2. The van der Waals surface area contributed by atoms with Crippen molar-refractivity contribution in [3.8, 4) is 0 Å². The lowest BCUT2D eigenvalue weighted by Crippen LogP contribution is -2.49. The van der Waals surface area contributed by atoms with Gasteiger partial charge in [0.2, 0.25) is 0 Å². The van der Waals surface area contributed by atoms with Crippen molar-refractivity contribution >= 4 is 6.09 Å². The van der Waals surface area contributed by atoms with Crippen LogP contribution in [0.15, 0.2) is 0 Å². The molecule has 23 heavy (non-hydrogen) atoms. The van der Waals surface area contributed by atoms with Gasteiger partial charge in [-0.3, -0.25) is 0 Å². The van der Waals surface area contributed by atoms with Crippen molar-refractivity contribution in [1.82, 2.24) is 10.6 Å². The van der Waals surface area contributed by atoms with Crippen LogP contribution in [-0.2, 0) is 4.74 Å². The summed E-state index contributed by atoms with van der Waals surface area (Å²) in [5.74, 6) is 1.39. The summed E-state index contributed by atoms with van der Waals surface area (Å²) < 4.78 is 5.36. The minimum absolute atomic E-state index is 0.284. The molecular weight excluding hydrogens is 288 g/mol. The molecule has 4 atom stereocenters. The molecule has 0 heterocycles. The van der Waals surface area contributed by atoms with Gasteiger partial charge in [-0.2, -0.15) is 0 Å². The van der Waals surface area contributed by atoms with Gasteiger partial charge in [0.15, 0.2) is 0 Å². The second kappa shape index (κ2) is 8.36. The SMILES string of the molecule is CC1CCCC(NC2CCCCC2CNC(=O)OC(C)(C)C)C1. The fourth-order valence-corrected chi connectivity index (χ4v) is 4.09. The summed E-state index contributed by atoms with van der Waals surface area (Å²) >= 11 is 0. The average Bonchev–Trinajstić information content (AvgIpc) is 2.44. The van der Waals surface area contributed by atoms with Crippen LogP contribution >= 0.6 is 0 Å². The lowest BCUT2D eigenvalue weighted by Gasteiger charge is -2.37. The Labute approximate surface area is 142 Å². The summed E-state index contributed by atoms with van der Waals surface area (Å²) in [6.45, 7) is 8.82. The van der Waals surface area contributed by atoms with E-state index < -0.39 is 5.60 Å². The number of carbonyl (C=O) groups excluding carboxylic acids is 1. The second-order valence-electron chi connectivity index (χ2n) is 8.67. The molecule has 134 valence electrons. The Kier molecular flexibility index (Phi) is 6.75. The van der Waals surface area contributed by atoms with Gasteiger partial charge in [-0.15, -0.1) is 0 Å². The molecule has 0 aromatic heterocycles. The molecule has 0 saturated heterocycles. The van der Waals surface area contributed by atoms with Crippen LogP contribution in [0.25, 0.3) is 0 Å². The molecule has 4 unspecified atom stereocenters. The predicted octanol–water partition coefficient (Wildman–Crippen LogP) is 4.24. The quantitative estimate of drug-likeness (QED) is 0.813. The van der Waals surface area contributed by atoms with Crippen molar-refractivity contribution in [3.05, 3.63) is 0 Å². The zero-order chi connectivity index (χ0) is 16.9. The minimum Gasteiger partial charge on any atom is -0.444 e. The fraction of sp³-hybridized carbons (Fsp3) is 0.947. The second-order valence-corrected chi connectivity index (χ2v) is 8.67. The molecule has 0 aromatic carbocycles. The Morgan fingerprint density at radius 2 is 1.83 bits per heavy atom. The molecule has 2 aliphatic rings. The molecule has 1 amide bonds. The Bertz CT molecular complexity index is 378. The zero-order valence-electron chi connectivity index (χ0n) is 15.5. The molecule has 2 N–H and O–H groups in total. The number of hydrogen-bond acceptors (Lipinski definition) is 3. The minimum atomic E-state index is -0.424. The van der Waals surface area contributed by atoms with Crippen molar-refractivity contribution in [1.29, 1.82) is 0 Å². The van der Waals surface area contributed by atoms with E-state index in [0.717, 1.165) is 12.5 Å². The van der Waals surface area contributed by atoms with E-state index in [9.17, 15) is 4.79 Å². The van der Waals surface area contributed by atoms with Gasteiger partial charge in [0.1, 0.15) is 5.60 Å². The van der Waals surface area contributed by atoms with Gasteiger partial charge in [0, 0.05) is 18.6 Å². The first kappa shape index (κ1) is 18.6. The van der Waals surface area contributed by atoms with E-state index in [0.29, 0.717) is 18.0 Å². The van der Waals surface area contributed by atoms with E-state index in [-0.39, 0.29) is 6.09 Å². The van der Waals surface area contributed by atoms with Crippen molar-refractivity contribution in [2.45, 2.75) is 96.7 Å². The Morgan fingerprint density at radius 3 is 2.52 bits per heavy atom. The maximum atomic E-state index is 11.9.